The van der Waals surface area contributed by atoms with E-state index in [1.807, 2.05) is 42.5 Å². The summed E-state index contributed by atoms with van der Waals surface area (Å²) in [5.74, 6) is 0.522. The SMILES string of the molecule is COC1=CC(CC(CO)C(CO)Cc2ccccc2)=CCC1O. The quantitative estimate of drug-likeness (QED) is 0.686. The first-order valence-corrected chi connectivity index (χ1v) is 8.06. The van der Waals surface area contributed by atoms with E-state index >= 15 is 0 Å². The first-order chi connectivity index (χ1) is 11.2. The molecule has 1 aliphatic carbocycles. The predicted octanol–water partition coefficient (Wildman–Crippen LogP) is 2.06. The lowest BCUT2D eigenvalue weighted by Gasteiger charge is -2.26. The van der Waals surface area contributed by atoms with Crippen molar-refractivity contribution in [2.24, 2.45) is 11.8 Å². The number of hydrogen-bond donors (Lipinski definition) is 3. The molecule has 0 amide bonds. The van der Waals surface area contributed by atoms with E-state index in [-0.39, 0.29) is 25.0 Å². The normalized spacial score (nSPS) is 20.4. The van der Waals surface area contributed by atoms with E-state index in [9.17, 15) is 15.3 Å². The molecule has 0 saturated carbocycles. The molecule has 0 heterocycles. The topological polar surface area (TPSA) is 69.9 Å². The van der Waals surface area contributed by atoms with Crippen LogP contribution in [0.1, 0.15) is 18.4 Å². The largest absolute Gasteiger partial charge is 0.498 e. The third kappa shape index (κ3) is 4.93. The summed E-state index contributed by atoms with van der Waals surface area (Å²) < 4.78 is 5.19. The van der Waals surface area contributed by atoms with Gasteiger partial charge in [0.05, 0.1) is 7.11 Å². The molecule has 0 saturated heterocycles. The monoisotopic (exact) mass is 318 g/mol. The molecular weight excluding hydrogens is 292 g/mol. The van der Waals surface area contributed by atoms with Crippen molar-refractivity contribution in [1.82, 2.24) is 0 Å². The molecule has 23 heavy (non-hydrogen) atoms. The van der Waals surface area contributed by atoms with Crippen LogP contribution in [0.5, 0.6) is 0 Å². The van der Waals surface area contributed by atoms with Gasteiger partial charge in [0.15, 0.2) is 0 Å². The Morgan fingerprint density at radius 1 is 1.09 bits per heavy atom. The molecule has 3 N–H and O–H groups in total. The van der Waals surface area contributed by atoms with Crippen LogP contribution >= 0.6 is 0 Å². The molecule has 3 unspecified atom stereocenters. The van der Waals surface area contributed by atoms with Crippen LogP contribution in [0.4, 0.5) is 0 Å². The van der Waals surface area contributed by atoms with E-state index in [1.165, 1.54) is 0 Å². The Morgan fingerprint density at radius 3 is 2.35 bits per heavy atom. The summed E-state index contributed by atoms with van der Waals surface area (Å²) in [6.45, 7) is 0.0605. The van der Waals surface area contributed by atoms with Gasteiger partial charge in [-0.2, -0.15) is 0 Å². The predicted molar refractivity (Wildman–Crippen MR) is 89.7 cm³/mol. The van der Waals surface area contributed by atoms with Crippen molar-refractivity contribution >= 4 is 0 Å². The fraction of sp³-hybridized carbons (Fsp3) is 0.474. The fourth-order valence-corrected chi connectivity index (χ4v) is 3.03. The Bertz CT molecular complexity index is 536. The lowest BCUT2D eigenvalue weighted by Crippen LogP contribution is -2.25. The summed E-state index contributed by atoms with van der Waals surface area (Å²) in [6, 6.07) is 10.0. The van der Waals surface area contributed by atoms with Crippen molar-refractivity contribution in [1.29, 1.82) is 0 Å². The number of benzene rings is 1. The molecule has 0 radical (unpaired) electrons. The lowest BCUT2D eigenvalue weighted by molar-refractivity contribution is 0.116. The molecule has 3 atom stereocenters. The number of aliphatic hydroxyl groups excluding tert-OH is 3. The van der Waals surface area contributed by atoms with Crippen molar-refractivity contribution in [2.75, 3.05) is 20.3 Å². The minimum Gasteiger partial charge on any atom is -0.498 e. The maximum Gasteiger partial charge on any atom is 0.125 e. The minimum absolute atomic E-state index is 0.00505. The summed E-state index contributed by atoms with van der Waals surface area (Å²) in [5.41, 5.74) is 2.20. The molecule has 1 aromatic rings. The zero-order valence-corrected chi connectivity index (χ0v) is 13.6. The van der Waals surface area contributed by atoms with Crippen molar-refractivity contribution < 1.29 is 20.1 Å². The molecule has 1 aliphatic rings. The molecule has 126 valence electrons. The van der Waals surface area contributed by atoms with Crippen LogP contribution in [0.2, 0.25) is 0 Å². The molecule has 1 aromatic carbocycles. The number of hydrogen-bond acceptors (Lipinski definition) is 4. The van der Waals surface area contributed by atoms with E-state index < -0.39 is 6.10 Å². The van der Waals surface area contributed by atoms with Gasteiger partial charge in [0.2, 0.25) is 0 Å². The minimum atomic E-state index is -0.589. The zero-order chi connectivity index (χ0) is 16.7. The van der Waals surface area contributed by atoms with Gasteiger partial charge in [-0.1, -0.05) is 36.4 Å². The van der Waals surface area contributed by atoms with E-state index in [0.717, 1.165) is 17.6 Å². The average molecular weight is 318 g/mol. The Morgan fingerprint density at radius 2 is 1.74 bits per heavy atom. The maximum atomic E-state index is 9.80. The maximum absolute atomic E-state index is 9.80. The van der Waals surface area contributed by atoms with Crippen LogP contribution in [0.15, 0.2) is 53.8 Å². The molecule has 0 aromatic heterocycles. The standard InChI is InChI=1S/C19H26O4/c1-23-19-11-15(7-8-18(19)22)10-17(13-21)16(12-20)9-14-5-3-2-4-6-14/h2-7,11,16-18,20-22H,8-10,12-13H2,1H3. The molecule has 0 spiro atoms. The van der Waals surface area contributed by atoms with Gasteiger partial charge in [-0.15, -0.1) is 0 Å². The summed E-state index contributed by atoms with van der Waals surface area (Å²) in [5, 5.41) is 29.3. The average Bonchev–Trinajstić information content (AvgIpc) is 2.60. The number of aliphatic hydroxyl groups is 3. The van der Waals surface area contributed by atoms with Gasteiger partial charge in [-0.3, -0.25) is 0 Å². The van der Waals surface area contributed by atoms with Gasteiger partial charge >= 0.3 is 0 Å². The summed E-state index contributed by atoms with van der Waals surface area (Å²) in [4.78, 5) is 0. The Balaban J connectivity index is 2.04. The van der Waals surface area contributed by atoms with Gasteiger partial charge in [0, 0.05) is 13.2 Å². The van der Waals surface area contributed by atoms with Gasteiger partial charge in [-0.25, -0.2) is 0 Å². The van der Waals surface area contributed by atoms with Crippen LogP contribution in [0.25, 0.3) is 0 Å². The highest BCUT2D eigenvalue weighted by molar-refractivity contribution is 5.28. The third-order valence-corrected chi connectivity index (χ3v) is 4.47. The van der Waals surface area contributed by atoms with Crippen molar-refractivity contribution in [3.63, 3.8) is 0 Å². The Labute approximate surface area is 137 Å². The molecule has 4 heteroatoms. The third-order valence-electron chi connectivity index (χ3n) is 4.47. The molecule has 2 rings (SSSR count). The fourth-order valence-electron chi connectivity index (χ4n) is 3.03. The van der Waals surface area contributed by atoms with E-state index in [2.05, 4.69) is 0 Å². The second-order valence-corrected chi connectivity index (χ2v) is 6.06. The second kappa shape index (κ2) is 8.87. The van der Waals surface area contributed by atoms with Gasteiger partial charge < -0.3 is 20.1 Å². The summed E-state index contributed by atoms with van der Waals surface area (Å²) >= 11 is 0. The highest BCUT2D eigenvalue weighted by atomic mass is 16.5. The Hall–Kier alpha value is -1.62. The number of rotatable bonds is 8. The van der Waals surface area contributed by atoms with Gasteiger partial charge in [-0.05, 0) is 48.3 Å². The number of methoxy groups -OCH3 is 1. The van der Waals surface area contributed by atoms with Crippen molar-refractivity contribution in [3.8, 4) is 0 Å². The van der Waals surface area contributed by atoms with E-state index in [1.54, 1.807) is 7.11 Å². The molecule has 0 fully saturated rings. The number of allylic oxidation sites excluding steroid dienone is 2. The summed E-state index contributed by atoms with van der Waals surface area (Å²) in [7, 11) is 1.55. The van der Waals surface area contributed by atoms with Crippen LogP contribution in [0.3, 0.4) is 0 Å². The van der Waals surface area contributed by atoms with Crippen molar-refractivity contribution in [2.45, 2.75) is 25.4 Å². The van der Waals surface area contributed by atoms with Crippen LogP contribution < -0.4 is 0 Å². The van der Waals surface area contributed by atoms with Crippen molar-refractivity contribution in [3.05, 3.63) is 59.4 Å². The highest BCUT2D eigenvalue weighted by Crippen LogP contribution is 2.28. The zero-order valence-electron chi connectivity index (χ0n) is 13.6. The lowest BCUT2D eigenvalue weighted by atomic mass is 9.82. The van der Waals surface area contributed by atoms with Crippen LogP contribution in [-0.2, 0) is 11.2 Å². The van der Waals surface area contributed by atoms with Crippen LogP contribution in [-0.4, -0.2) is 41.7 Å². The van der Waals surface area contributed by atoms with Gasteiger partial charge in [0.1, 0.15) is 11.9 Å². The molecular formula is C19H26O4. The summed E-state index contributed by atoms with van der Waals surface area (Å²) in [6.07, 6.45) is 5.15. The first kappa shape index (κ1) is 17.7. The van der Waals surface area contributed by atoms with E-state index in [0.29, 0.717) is 18.6 Å². The smallest absolute Gasteiger partial charge is 0.125 e. The van der Waals surface area contributed by atoms with Crippen LogP contribution in [0, 0.1) is 11.8 Å². The molecule has 0 bridgehead atoms. The van der Waals surface area contributed by atoms with E-state index in [4.69, 9.17) is 4.74 Å². The highest BCUT2D eigenvalue weighted by Gasteiger charge is 2.24. The molecule has 0 aliphatic heterocycles. The van der Waals surface area contributed by atoms with Gasteiger partial charge in [0.25, 0.3) is 0 Å². The first-order valence-electron chi connectivity index (χ1n) is 8.06. The Kier molecular flexibility index (Phi) is 6.84. The number of ether oxygens (including phenoxy) is 1. The second-order valence-electron chi connectivity index (χ2n) is 6.06. The molecule has 4 nitrogen and oxygen atoms in total.